The lowest BCUT2D eigenvalue weighted by Crippen LogP contribution is -2.28. The number of amides is 1. The summed E-state index contributed by atoms with van der Waals surface area (Å²) in [6.07, 6.45) is 1.75. The first-order valence-corrected chi connectivity index (χ1v) is 10.9. The number of benzene rings is 2. The number of carbonyl (C=O) groups is 1. The number of carbonyl (C=O) groups excluding carboxylic acids is 1. The second kappa shape index (κ2) is 9.51. The number of halogens is 4. The third-order valence-electron chi connectivity index (χ3n) is 3.30. The van der Waals surface area contributed by atoms with E-state index in [0.29, 0.717) is 21.9 Å². The van der Waals surface area contributed by atoms with Crippen LogP contribution in [0, 0.1) is 0 Å². The molecule has 1 amide bonds. The van der Waals surface area contributed by atoms with Gasteiger partial charge in [0.1, 0.15) is 5.75 Å². The van der Waals surface area contributed by atoms with Crippen LogP contribution in [0.1, 0.15) is 11.1 Å². The number of hydrogen-bond acceptors (Lipinski definition) is 6. The van der Waals surface area contributed by atoms with Crippen molar-refractivity contribution >= 4 is 45.1 Å². The van der Waals surface area contributed by atoms with E-state index in [0.717, 1.165) is 12.1 Å². The third kappa shape index (κ3) is 6.38. The number of nitrogens with one attached hydrogen (secondary N) is 1. The average Bonchev–Trinajstić information content (AvgIpc) is 2.63. The first-order valence-electron chi connectivity index (χ1n) is 7.76. The maximum absolute atomic E-state index is 12.4. The minimum Gasteiger partial charge on any atom is -0.376 e. The van der Waals surface area contributed by atoms with Gasteiger partial charge in [-0.1, -0.05) is 23.7 Å². The van der Waals surface area contributed by atoms with E-state index in [2.05, 4.69) is 14.7 Å². The summed E-state index contributed by atoms with van der Waals surface area (Å²) in [7, 11) is -5.77. The molecule has 0 bridgehead atoms. The van der Waals surface area contributed by atoms with Crippen LogP contribution >= 0.6 is 23.4 Å². The van der Waals surface area contributed by atoms with E-state index in [1.54, 1.807) is 30.5 Å². The fraction of sp³-hybridized carbons (Fsp3) is 0.176. The fourth-order valence-electron chi connectivity index (χ4n) is 2.03. The van der Waals surface area contributed by atoms with Gasteiger partial charge in [-0.05, 0) is 42.7 Å². The lowest BCUT2D eigenvalue weighted by atomic mass is 10.0. The Bertz CT molecular complexity index is 993. The van der Waals surface area contributed by atoms with Crippen LogP contribution in [0.5, 0.6) is 5.75 Å². The number of rotatable bonds is 7. The quantitative estimate of drug-likeness (QED) is 0.290. The van der Waals surface area contributed by atoms with Crippen molar-refractivity contribution in [2.45, 2.75) is 5.51 Å². The summed E-state index contributed by atoms with van der Waals surface area (Å²) in [5.74, 6) is -0.687. The number of hydrogen-bond donors (Lipinski definition) is 1. The molecule has 0 saturated carbocycles. The molecule has 0 aromatic heterocycles. The topological polar surface area (TPSA) is 84.8 Å². The molecule has 156 valence electrons. The predicted octanol–water partition coefficient (Wildman–Crippen LogP) is 3.80. The van der Waals surface area contributed by atoms with E-state index in [-0.39, 0.29) is 11.7 Å². The highest BCUT2D eigenvalue weighted by Gasteiger charge is 2.48. The van der Waals surface area contributed by atoms with Gasteiger partial charge in [-0.25, -0.2) is 5.43 Å². The number of nitrogens with zero attached hydrogens (tertiary/aromatic N) is 1. The summed E-state index contributed by atoms with van der Waals surface area (Å²) < 4.78 is 63.6. The largest absolute Gasteiger partial charge is 0.534 e. The molecule has 0 atom stereocenters. The Balaban J connectivity index is 2.35. The van der Waals surface area contributed by atoms with E-state index in [9.17, 15) is 26.4 Å². The van der Waals surface area contributed by atoms with Gasteiger partial charge >= 0.3 is 15.6 Å². The first kappa shape index (κ1) is 23.0. The van der Waals surface area contributed by atoms with Gasteiger partial charge in [0, 0.05) is 16.1 Å². The van der Waals surface area contributed by atoms with E-state index < -0.39 is 21.4 Å². The molecule has 1 N–H and O–H groups in total. The third-order valence-corrected chi connectivity index (χ3v) is 5.08. The van der Waals surface area contributed by atoms with Crippen LogP contribution in [-0.4, -0.2) is 37.6 Å². The zero-order chi connectivity index (χ0) is 21.7. The van der Waals surface area contributed by atoms with Crippen molar-refractivity contribution in [3.63, 3.8) is 0 Å². The van der Waals surface area contributed by atoms with Gasteiger partial charge in [0.15, 0.2) is 0 Å². The van der Waals surface area contributed by atoms with Crippen LogP contribution in [0.2, 0.25) is 5.02 Å². The lowest BCUT2D eigenvalue weighted by Gasteiger charge is -2.11. The molecule has 0 aliphatic rings. The van der Waals surface area contributed by atoms with E-state index in [1.807, 2.05) is 0 Å². The van der Waals surface area contributed by atoms with Crippen LogP contribution in [-0.2, 0) is 14.9 Å². The van der Waals surface area contributed by atoms with Crippen molar-refractivity contribution in [3.05, 3.63) is 64.7 Å². The highest BCUT2D eigenvalue weighted by atomic mass is 35.5. The SMILES string of the molecule is CSCC(=O)NN=C(c1ccc(Cl)cc1)c1ccc(OS(=O)(=O)C(F)(F)F)cc1. The molecular formula is C17H14ClF3N2O4S2. The average molecular weight is 467 g/mol. The Morgan fingerprint density at radius 1 is 1.10 bits per heavy atom. The van der Waals surface area contributed by atoms with Crippen molar-refractivity contribution in [1.82, 2.24) is 5.43 Å². The molecular weight excluding hydrogens is 453 g/mol. The van der Waals surface area contributed by atoms with Gasteiger partial charge in [-0.15, -0.1) is 0 Å². The number of hydrazone groups is 1. The summed E-state index contributed by atoms with van der Waals surface area (Å²) in [5, 5.41) is 4.55. The van der Waals surface area contributed by atoms with E-state index >= 15 is 0 Å². The van der Waals surface area contributed by atoms with Crippen LogP contribution < -0.4 is 9.61 Å². The molecule has 12 heteroatoms. The maximum atomic E-state index is 12.4. The molecule has 0 aliphatic heterocycles. The fourth-order valence-corrected chi connectivity index (χ4v) is 2.94. The summed E-state index contributed by atoms with van der Waals surface area (Å²) in [6.45, 7) is 0. The Morgan fingerprint density at radius 3 is 2.10 bits per heavy atom. The molecule has 0 spiro atoms. The van der Waals surface area contributed by atoms with E-state index in [1.165, 1.54) is 23.9 Å². The minimum absolute atomic E-state index is 0.180. The molecule has 0 saturated heterocycles. The molecule has 2 aromatic carbocycles. The first-order chi connectivity index (χ1) is 13.5. The highest BCUT2D eigenvalue weighted by molar-refractivity contribution is 7.99. The van der Waals surface area contributed by atoms with E-state index in [4.69, 9.17) is 11.6 Å². The molecule has 2 aromatic rings. The van der Waals surface area contributed by atoms with Crippen molar-refractivity contribution < 1.29 is 30.6 Å². The predicted molar refractivity (Wildman–Crippen MR) is 106 cm³/mol. The second-order valence-corrected chi connectivity index (χ2v) is 8.28. The molecule has 0 heterocycles. The van der Waals surface area contributed by atoms with Crippen LogP contribution in [0.4, 0.5) is 13.2 Å². The lowest BCUT2D eigenvalue weighted by molar-refractivity contribution is -0.118. The Labute approximate surface area is 174 Å². The summed E-state index contributed by atoms with van der Waals surface area (Å²) in [5.41, 5.74) is -1.90. The van der Waals surface area contributed by atoms with Gasteiger partial charge in [0.05, 0.1) is 11.5 Å². The van der Waals surface area contributed by atoms with Gasteiger partial charge in [0.2, 0.25) is 5.91 Å². The van der Waals surface area contributed by atoms with Crippen molar-refractivity contribution in [2.75, 3.05) is 12.0 Å². The Kier molecular flexibility index (Phi) is 7.55. The number of alkyl halides is 3. The molecule has 29 heavy (non-hydrogen) atoms. The van der Waals surface area contributed by atoms with Crippen molar-refractivity contribution in [2.24, 2.45) is 5.10 Å². The van der Waals surface area contributed by atoms with Gasteiger partial charge in [0.25, 0.3) is 0 Å². The second-order valence-electron chi connectivity index (χ2n) is 5.44. The van der Waals surface area contributed by atoms with Crippen LogP contribution in [0.25, 0.3) is 0 Å². The van der Waals surface area contributed by atoms with Gasteiger partial charge in [-0.3, -0.25) is 4.79 Å². The minimum atomic E-state index is -5.77. The Morgan fingerprint density at radius 2 is 1.62 bits per heavy atom. The highest BCUT2D eigenvalue weighted by Crippen LogP contribution is 2.27. The zero-order valence-corrected chi connectivity index (χ0v) is 17.1. The number of thioether (sulfide) groups is 1. The van der Waals surface area contributed by atoms with Gasteiger partial charge in [-0.2, -0.15) is 38.5 Å². The van der Waals surface area contributed by atoms with Crippen molar-refractivity contribution in [1.29, 1.82) is 0 Å². The molecule has 0 aliphatic carbocycles. The molecule has 0 fully saturated rings. The smallest absolute Gasteiger partial charge is 0.376 e. The summed E-state index contributed by atoms with van der Waals surface area (Å²) in [4.78, 5) is 11.7. The van der Waals surface area contributed by atoms with Crippen LogP contribution in [0.15, 0.2) is 53.6 Å². The normalized spacial score (nSPS) is 12.5. The summed E-state index contributed by atoms with van der Waals surface area (Å²) in [6, 6.07) is 11.2. The maximum Gasteiger partial charge on any atom is 0.534 e. The van der Waals surface area contributed by atoms with Gasteiger partial charge < -0.3 is 4.18 Å². The zero-order valence-electron chi connectivity index (χ0n) is 14.7. The molecule has 2 rings (SSSR count). The monoisotopic (exact) mass is 466 g/mol. The molecule has 0 radical (unpaired) electrons. The molecule has 0 unspecified atom stereocenters. The standard InChI is InChI=1S/C17H14ClF3N2O4S2/c1-28-10-15(24)22-23-16(11-2-6-13(18)7-3-11)12-4-8-14(9-5-12)27-29(25,26)17(19,20)21/h2-9H,10H2,1H3,(H,22,24). The van der Waals surface area contributed by atoms with Crippen molar-refractivity contribution in [3.8, 4) is 5.75 Å². The molecule has 6 nitrogen and oxygen atoms in total. The summed E-state index contributed by atoms with van der Waals surface area (Å²) >= 11 is 7.17. The van der Waals surface area contributed by atoms with Crippen LogP contribution in [0.3, 0.4) is 0 Å². The Hall–Kier alpha value is -2.24.